The quantitative estimate of drug-likeness (QED) is 0.890. The van der Waals surface area contributed by atoms with Crippen LogP contribution in [0.2, 0.25) is 0 Å². The Labute approximate surface area is 128 Å². The average molecular weight is 310 g/mol. The van der Waals surface area contributed by atoms with Gasteiger partial charge in [-0.2, -0.15) is 0 Å². The number of amides is 1. The zero-order chi connectivity index (χ0) is 15.6. The molecule has 4 unspecified atom stereocenters. The molecule has 116 valence electrons. The highest BCUT2D eigenvalue weighted by atomic mass is 32.2. The van der Waals surface area contributed by atoms with Crippen LogP contribution in [-0.2, 0) is 15.6 Å². The number of methoxy groups -OCH3 is 1. The molecule has 1 aromatic carbocycles. The molecule has 1 aliphatic rings. The number of rotatable bonds is 5. The van der Waals surface area contributed by atoms with Crippen molar-refractivity contribution < 1.29 is 13.7 Å². The number of nitrogens with zero attached hydrogens (tertiary/aromatic N) is 1. The maximum atomic E-state index is 12.4. The highest BCUT2D eigenvalue weighted by molar-refractivity contribution is 7.84. The van der Waals surface area contributed by atoms with Crippen LogP contribution in [0.5, 0.6) is 5.75 Å². The van der Waals surface area contributed by atoms with E-state index in [4.69, 9.17) is 4.74 Å². The number of ether oxygens (including phenoxy) is 1. The van der Waals surface area contributed by atoms with Crippen molar-refractivity contribution in [1.29, 1.82) is 0 Å². The summed E-state index contributed by atoms with van der Waals surface area (Å²) in [5, 5.41) is 3.30. The molecule has 0 aliphatic carbocycles. The summed E-state index contributed by atoms with van der Waals surface area (Å²) in [6, 6.07) is 7.34. The van der Waals surface area contributed by atoms with E-state index in [0.717, 1.165) is 11.3 Å². The number of carbonyl (C=O) groups excluding carboxylic acids is 1. The molecule has 0 spiro atoms. The van der Waals surface area contributed by atoms with Crippen LogP contribution in [0, 0.1) is 0 Å². The summed E-state index contributed by atoms with van der Waals surface area (Å²) in [5.41, 5.74) is 0.973. The molecular formula is C15H22N2O3S. The molecule has 2 rings (SSSR count). The minimum Gasteiger partial charge on any atom is -0.497 e. The van der Waals surface area contributed by atoms with Gasteiger partial charge in [0.05, 0.1) is 13.2 Å². The molecule has 1 heterocycles. The maximum absolute atomic E-state index is 12.4. The fourth-order valence-electron chi connectivity index (χ4n) is 2.70. The highest BCUT2D eigenvalue weighted by Gasteiger charge is 2.40. The third-order valence-electron chi connectivity index (χ3n) is 3.67. The van der Waals surface area contributed by atoms with Gasteiger partial charge in [0.2, 0.25) is 5.91 Å². The smallest absolute Gasteiger partial charge is 0.241 e. The first-order valence-electron chi connectivity index (χ1n) is 6.96. The predicted octanol–water partition coefficient (Wildman–Crippen LogP) is 1.28. The molecule has 1 aliphatic heterocycles. The summed E-state index contributed by atoms with van der Waals surface area (Å²) < 4.78 is 16.7. The van der Waals surface area contributed by atoms with E-state index in [1.807, 2.05) is 38.1 Å². The SMILES string of the molecule is COc1cccc(C2NC(C)C(=O)N2C(C)CS(C)=O)c1. The summed E-state index contributed by atoms with van der Waals surface area (Å²) in [4.78, 5) is 14.2. The summed E-state index contributed by atoms with van der Waals surface area (Å²) in [6.45, 7) is 3.79. The van der Waals surface area contributed by atoms with Gasteiger partial charge < -0.3 is 9.64 Å². The number of carbonyl (C=O) groups is 1. The second kappa shape index (κ2) is 6.58. The fraction of sp³-hybridized carbons (Fsp3) is 0.533. The third kappa shape index (κ3) is 3.44. The van der Waals surface area contributed by atoms with Gasteiger partial charge in [-0.05, 0) is 31.5 Å². The Balaban J connectivity index is 2.30. The molecule has 0 radical (unpaired) electrons. The van der Waals surface area contributed by atoms with Crippen molar-refractivity contribution in [3.63, 3.8) is 0 Å². The first kappa shape index (κ1) is 16.0. The first-order valence-corrected chi connectivity index (χ1v) is 8.69. The topological polar surface area (TPSA) is 58.6 Å². The lowest BCUT2D eigenvalue weighted by Gasteiger charge is -2.30. The van der Waals surface area contributed by atoms with Crippen LogP contribution in [-0.4, -0.2) is 46.2 Å². The Morgan fingerprint density at radius 3 is 2.81 bits per heavy atom. The van der Waals surface area contributed by atoms with Crippen LogP contribution < -0.4 is 10.1 Å². The number of hydrogen-bond donors (Lipinski definition) is 1. The highest BCUT2D eigenvalue weighted by Crippen LogP contribution is 2.29. The van der Waals surface area contributed by atoms with E-state index >= 15 is 0 Å². The van der Waals surface area contributed by atoms with E-state index in [9.17, 15) is 9.00 Å². The molecule has 5 nitrogen and oxygen atoms in total. The van der Waals surface area contributed by atoms with E-state index in [1.54, 1.807) is 18.3 Å². The summed E-state index contributed by atoms with van der Waals surface area (Å²) >= 11 is 0. The lowest BCUT2D eigenvalue weighted by Crippen LogP contribution is -2.41. The molecule has 0 saturated carbocycles. The number of benzene rings is 1. The molecule has 21 heavy (non-hydrogen) atoms. The Morgan fingerprint density at radius 1 is 1.48 bits per heavy atom. The van der Waals surface area contributed by atoms with Crippen LogP contribution >= 0.6 is 0 Å². The fourth-order valence-corrected chi connectivity index (χ4v) is 3.54. The normalized spacial score (nSPS) is 25.0. The van der Waals surface area contributed by atoms with Gasteiger partial charge in [-0.25, -0.2) is 0 Å². The summed E-state index contributed by atoms with van der Waals surface area (Å²) in [7, 11) is 0.679. The molecule has 1 N–H and O–H groups in total. The van der Waals surface area contributed by atoms with Crippen molar-refractivity contribution in [3.05, 3.63) is 29.8 Å². The Morgan fingerprint density at radius 2 is 2.19 bits per heavy atom. The van der Waals surface area contributed by atoms with Gasteiger partial charge in [0.1, 0.15) is 11.9 Å². The molecule has 4 atom stereocenters. The largest absolute Gasteiger partial charge is 0.497 e. The first-order chi connectivity index (χ1) is 9.93. The minimum absolute atomic E-state index is 0.0424. The van der Waals surface area contributed by atoms with Crippen molar-refractivity contribution >= 4 is 16.7 Å². The van der Waals surface area contributed by atoms with Gasteiger partial charge in [-0.1, -0.05) is 12.1 Å². The second-order valence-corrected chi connectivity index (χ2v) is 6.88. The second-order valence-electron chi connectivity index (χ2n) is 5.40. The zero-order valence-electron chi connectivity index (χ0n) is 12.8. The minimum atomic E-state index is -0.942. The predicted molar refractivity (Wildman–Crippen MR) is 83.6 cm³/mol. The molecule has 1 amide bonds. The van der Waals surface area contributed by atoms with Crippen LogP contribution in [0.15, 0.2) is 24.3 Å². The lowest BCUT2D eigenvalue weighted by atomic mass is 10.1. The van der Waals surface area contributed by atoms with Gasteiger partial charge in [0.25, 0.3) is 0 Å². The van der Waals surface area contributed by atoms with Crippen LogP contribution in [0.4, 0.5) is 0 Å². The van der Waals surface area contributed by atoms with Crippen molar-refractivity contribution in [2.24, 2.45) is 0 Å². The lowest BCUT2D eigenvalue weighted by molar-refractivity contribution is -0.131. The Hall–Kier alpha value is -1.40. The zero-order valence-corrected chi connectivity index (χ0v) is 13.6. The molecule has 1 fully saturated rings. The summed E-state index contributed by atoms with van der Waals surface area (Å²) in [6.07, 6.45) is 1.45. The average Bonchev–Trinajstić information content (AvgIpc) is 2.74. The van der Waals surface area contributed by atoms with Crippen molar-refractivity contribution in [3.8, 4) is 5.75 Å². The van der Waals surface area contributed by atoms with Crippen LogP contribution in [0.1, 0.15) is 25.6 Å². The third-order valence-corrected chi connectivity index (χ3v) is 4.62. The van der Waals surface area contributed by atoms with E-state index in [2.05, 4.69) is 5.32 Å². The maximum Gasteiger partial charge on any atom is 0.241 e. The molecule has 1 aromatic rings. The monoisotopic (exact) mass is 310 g/mol. The van der Waals surface area contributed by atoms with E-state index in [1.165, 1.54) is 0 Å². The molecule has 6 heteroatoms. The Kier molecular flexibility index (Phi) is 5.00. The van der Waals surface area contributed by atoms with E-state index in [0.29, 0.717) is 5.75 Å². The van der Waals surface area contributed by atoms with Gasteiger partial charge in [0.15, 0.2) is 0 Å². The van der Waals surface area contributed by atoms with E-state index in [-0.39, 0.29) is 24.2 Å². The number of nitrogens with one attached hydrogen (secondary N) is 1. The molecule has 1 saturated heterocycles. The van der Waals surface area contributed by atoms with Crippen LogP contribution in [0.3, 0.4) is 0 Å². The molecular weight excluding hydrogens is 288 g/mol. The molecule has 0 bridgehead atoms. The van der Waals surface area contributed by atoms with Gasteiger partial charge in [-0.15, -0.1) is 0 Å². The van der Waals surface area contributed by atoms with Crippen LogP contribution in [0.25, 0.3) is 0 Å². The Bertz CT molecular complexity index is 549. The van der Waals surface area contributed by atoms with E-state index < -0.39 is 10.8 Å². The summed E-state index contributed by atoms with van der Waals surface area (Å²) in [5.74, 6) is 1.27. The van der Waals surface area contributed by atoms with Crippen molar-refractivity contribution in [2.45, 2.75) is 32.1 Å². The van der Waals surface area contributed by atoms with Crippen molar-refractivity contribution in [1.82, 2.24) is 10.2 Å². The van der Waals surface area contributed by atoms with Gasteiger partial charge >= 0.3 is 0 Å². The standard InChI is InChI=1S/C15H22N2O3S/c1-10(9-21(4)19)17-14(16-11(2)15(17)18)12-6-5-7-13(8-12)20-3/h5-8,10-11,14,16H,9H2,1-4H3. The van der Waals surface area contributed by atoms with Crippen molar-refractivity contribution in [2.75, 3.05) is 19.1 Å². The van der Waals surface area contributed by atoms with Gasteiger partial charge in [0, 0.05) is 28.9 Å². The number of hydrogen-bond acceptors (Lipinski definition) is 4. The molecule has 0 aromatic heterocycles. The van der Waals surface area contributed by atoms with Gasteiger partial charge in [-0.3, -0.25) is 14.3 Å².